The number of rotatable bonds is 5. The van der Waals surface area contributed by atoms with Crippen molar-refractivity contribution in [3.8, 4) is 0 Å². The highest BCUT2D eigenvalue weighted by Crippen LogP contribution is 2.30. The van der Waals surface area contributed by atoms with E-state index in [1.165, 1.54) is 12.1 Å². The van der Waals surface area contributed by atoms with Crippen molar-refractivity contribution in [2.75, 3.05) is 49.6 Å². The van der Waals surface area contributed by atoms with Gasteiger partial charge in [0.15, 0.2) is 0 Å². The van der Waals surface area contributed by atoms with Gasteiger partial charge in [-0.15, -0.1) is 0 Å². The van der Waals surface area contributed by atoms with E-state index >= 15 is 0 Å². The number of hydrogen-bond acceptors (Lipinski definition) is 4. The van der Waals surface area contributed by atoms with Gasteiger partial charge < -0.3 is 25.2 Å². The average molecular weight is 475 g/mol. The molecule has 0 aromatic heterocycles. The molecule has 2 aliphatic rings. The van der Waals surface area contributed by atoms with E-state index < -0.39 is 0 Å². The lowest BCUT2D eigenvalue weighted by molar-refractivity contribution is -0.126. The van der Waals surface area contributed by atoms with Crippen LogP contribution in [0.3, 0.4) is 0 Å². The Hall–Kier alpha value is -2.84. The molecule has 2 aromatic carbocycles. The van der Waals surface area contributed by atoms with E-state index in [1.807, 2.05) is 12.1 Å². The number of likely N-dealkylation sites (tertiary alicyclic amines) is 1. The lowest BCUT2D eigenvalue weighted by Crippen LogP contribution is -2.44. The zero-order valence-corrected chi connectivity index (χ0v) is 19.1. The molecule has 0 saturated carbocycles. The summed E-state index contributed by atoms with van der Waals surface area (Å²) in [6.07, 6.45) is 1.18. The first-order valence-corrected chi connectivity index (χ1v) is 11.6. The van der Waals surface area contributed by atoms with Crippen LogP contribution in [0.25, 0.3) is 0 Å². The number of carbonyl (C=O) groups excluding carboxylic acids is 2. The van der Waals surface area contributed by atoms with Gasteiger partial charge in [-0.1, -0.05) is 23.7 Å². The molecule has 0 radical (unpaired) electrons. The molecule has 2 aromatic rings. The predicted octanol–water partition coefficient (Wildman–Crippen LogP) is 3.88. The van der Waals surface area contributed by atoms with Crippen LogP contribution < -0.4 is 15.5 Å². The summed E-state index contributed by atoms with van der Waals surface area (Å²) in [7, 11) is 0. The van der Waals surface area contributed by atoms with Gasteiger partial charge in [0.1, 0.15) is 5.82 Å². The van der Waals surface area contributed by atoms with Gasteiger partial charge in [-0.25, -0.2) is 9.18 Å². The normalized spacial score (nSPS) is 17.0. The van der Waals surface area contributed by atoms with Gasteiger partial charge in [0.2, 0.25) is 5.91 Å². The molecule has 2 fully saturated rings. The number of piperidine rings is 1. The Bertz CT molecular complexity index is 974. The van der Waals surface area contributed by atoms with Crippen LogP contribution in [-0.4, -0.2) is 56.2 Å². The summed E-state index contributed by atoms with van der Waals surface area (Å²) in [5.41, 5.74) is 2.44. The van der Waals surface area contributed by atoms with E-state index in [9.17, 15) is 14.0 Å². The van der Waals surface area contributed by atoms with Gasteiger partial charge in [0.25, 0.3) is 0 Å². The predicted molar refractivity (Wildman–Crippen MR) is 126 cm³/mol. The fourth-order valence-corrected chi connectivity index (χ4v) is 4.34. The molecule has 2 aliphatic heterocycles. The van der Waals surface area contributed by atoms with Crippen molar-refractivity contribution < 1.29 is 18.7 Å². The minimum atomic E-state index is -0.300. The molecule has 0 spiro atoms. The van der Waals surface area contributed by atoms with Crippen molar-refractivity contribution in [2.45, 2.75) is 19.4 Å². The molecule has 2 N–H and O–H groups in total. The van der Waals surface area contributed by atoms with Crippen molar-refractivity contribution in [1.82, 2.24) is 10.2 Å². The van der Waals surface area contributed by atoms with Crippen molar-refractivity contribution in [2.24, 2.45) is 5.92 Å². The Morgan fingerprint density at radius 1 is 1.03 bits per heavy atom. The molecule has 4 rings (SSSR count). The van der Waals surface area contributed by atoms with Gasteiger partial charge in [0, 0.05) is 43.7 Å². The molecule has 2 saturated heterocycles. The first-order valence-electron chi connectivity index (χ1n) is 11.2. The van der Waals surface area contributed by atoms with E-state index in [2.05, 4.69) is 15.5 Å². The number of carbonyl (C=O) groups is 2. The lowest BCUT2D eigenvalue weighted by Gasteiger charge is -2.33. The van der Waals surface area contributed by atoms with Crippen molar-refractivity contribution in [3.63, 3.8) is 0 Å². The van der Waals surface area contributed by atoms with Gasteiger partial charge in [-0.2, -0.15) is 0 Å². The number of halogens is 2. The van der Waals surface area contributed by atoms with E-state index in [0.717, 1.165) is 24.3 Å². The number of benzene rings is 2. The van der Waals surface area contributed by atoms with Crippen LogP contribution in [0.2, 0.25) is 5.02 Å². The second-order valence-corrected chi connectivity index (χ2v) is 8.73. The van der Waals surface area contributed by atoms with E-state index in [0.29, 0.717) is 56.4 Å². The van der Waals surface area contributed by atoms with Crippen LogP contribution in [0.1, 0.15) is 18.4 Å². The van der Waals surface area contributed by atoms with Crippen molar-refractivity contribution in [1.29, 1.82) is 0 Å². The fraction of sp³-hybridized carbons (Fsp3) is 0.417. The topological polar surface area (TPSA) is 73.9 Å². The Balaban J connectivity index is 1.29. The maximum atomic E-state index is 13.0. The summed E-state index contributed by atoms with van der Waals surface area (Å²) in [5, 5.41) is 6.47. The molecule has 0 aliphatic carbocycles. The molecule has 7 nitrogen and oxygen atoms in total. The highest BCUT2D eigenvalue weighted by Gasteiger charge is 2.28. The first kappa shape index (κ1) is 23.3. The standard InChI is InChI=1S/C24H28ClFN4O3/c25-19-3-6-22(29-11-13-33-14-12-29)21(15-19)28-24(32)30-9-7-18(8-10-30)23(31)27-16-17-1-4-20(26)5-2-17/h1-6,15,18H,7-14,16H2,(H,27,31)(H,28,32). The summed E-state index contributed by atoms with van der Waals surface area (Å²) < 4.78 is 18.4. The number of nitrogens with one attached hydrogen (secondary N) is 2. The van der Waals surface area contributed by atoms with E-state index in [1.54, 1.807) is 23.1 Å². The maximum Gasteiger partial charge on any atom is 0.321 e. The van der Waals surface area contributed by atoms with E-state index in [4.69, 9.17) is 16.3 Å². The van der Waals surface area contributed by atoms with Crippen LogP contribution >= 0.6 is 11.6 Å². The maximum absolute atomic E-state index is 13.0. The molecule has 3 amide bonds. The molecule has 33 heavy (non-hydrogen) atoms. The van der Waals surface area contributed by atoms with Crippen LogP contribution in [0.4, 0.5) is 20.6 Å². The summed E-state index contributed by atoms with van der Waals surface area (Å²) in [6, 6.07) is 11.4. The van der Waals surface area contributed by atoms with Crippen molar-refractivity contribution >= 4 is 34.9 Å². The van der Waals surface area contributed by atoms with Gasteiger partial charge in [-0.05, 0) is 48.7 Å². The zero-order chi connectivity index (χ0) is 23.2. The third-order valence-electron chi connectivity index (χ3n) is 6.08. The Kier molecular flexibility index (Phi) is 7.67. The smallest absolute Gasteiger partial charge is 0.321 e. The molecular formula is C24H28ClFN4O3. The molecule has 0 unspecified atom stereocenters. The van der Waals surface area contributed by atoms with Crippen molar-refractivity contribution in [3.05, 3.63) is 58.9 Å². The molecular weight excluding hydrogens is 447 g/mol. The minimum absolute atomic E-state index is 0.0381. The summed E-state index contributed by atoms with van der Waals surface area (Å²) in [5.74, 6) is -0.487. The molecule has 176 valence electrons. The third-order valence-corrected chi connectivity index (χ3v) is 6.32. The number of morpholine rings is 1. The second-order valence-electron chi connectivity index (χ2n) is 8.30. The third kappa shape index (κ3) is 6.15. The van der Waals surface area contributed by atoms with Gasteiger partial charge >= 0.3 is 6.03 Å². The highest BCUT2D eigenvalue weighted by molar-refractivity contribution is 6.31. The van der Waals surface area contributed by atoms with Crippen LogP contribution in [0.5, 0.6) is 0 Å². The minimum Gasteiger partial charge on any atom is -0.378 e. The number of urea groups is 1. The first-order chi connectivity index (χ1) is 16.0. The Morgan fingerprint density at radius 2 is 1.73 bits per heavy atom. The van der Waals surface area contributed by atoms with Crippen LogP contribution in [0, 0.1) is 11.7 Å². The van der Waals surface area contributed by atoms with Crippen LogP contribution in [0.15, 0.2) is 42.5 Å². The number of hydrogen-bond donors (Lipinski definition) is 2. The Morgan fingerprint density at radius 3 is 2.42 bits per heavy atom. The second kappa shape index (κ2) is 10.9. The Labute approximate surface area is 197 Å². The average Bonchev–Trinajstić information content (AvgIpc) is 2.84. The molecule has 0 bridgehead atoms. The fourth-order valence-electron chi connectivity index (χ4n) is 4.16. The lowest BCUT2D eigenvalue weighted by atomic mass is 9.96. The number of anilines is 2. The highest BCUT2D eigenvalue weighted by atomic mass is 35.5. The summed E-state index contributed by atoms with van der Waals surface area (Å²) >= 11 is 6.19. The molecule has 9 heteroatoms. The largest absolute Gasteiger partial charge is 0.378 e. The van der Waals surface area contributed by atoms with Gasteiger partial charge in [0.05, 0.1) is 24.6 Å². The monoisotopic (exact) mass is 474 g/mol. The molecule has 0 atom stereocenters. The van der Waals surface area contributed by atoms with Gasteiger partial charge in [-0.3, -0.25) is 4.79 Å². The number of nitrogens with zero attached hydrogens (tertiary/aromatic N) is 2. The molecule has 2 heterocycles. The summed E-state index contributed by atoms with van der Waals surface area (Å²) in [6.45, 7) is 4.14. The zero-order valence-electron chi connectivity index (χ0n) is 18.4. The number of amides is 3. The van der Waals surface area contributed by atoms with Crippen LogP contribution in [-0.2, 0) is 16.1 Å². The SMILES string of the molecule is O=C(NCc1ccc(F)cc1)C1CCN(C(=O)Nc2cc(Cl)ccc2N2CCOCC2)CC1. The quantitative estimate of drug-likeness (QED) is 0.689. The van der Waals surface area contributed by atoms with E-state index in [-0.39, 0.29) is 23.7 Å². The summed E-state index contributed by atoms with van der Waals surface area (Å²) in [4.78, 5) is 29.4. The number of ether oxygens (including phenoxy) is 1.